The van der Waals surface area contributed by atoms with E-state index in [-0.39, 0.29) is 6.42 Å². The zero-order valence-electron chi connectivity index (χ0n) is 11.4. The fourth-order valence-electron chi connectivity index (χ4n) is 1.83. The lowest BCUT2D eigenvalue weighted by atomic mass is 10.2. The molecule has 0 aromatic carbocycles. The number of pyridine rings is 1. The molecule has 0 atom stereocenters. The molecule has 0 spiro atoms. The summed E-state index contributed by atoms with van der Waals surface area (Å²) < 4.78 is 6.83. The van der Waals surface area contributed by atoms with Crippen molar-refractivity contribution in [2.45, 2.75) is 26.3 Å². The van der Waals surface area contributed by atoms with Crippen molar-refractivity contribution < 1.29 is 14.6 Å². The van der Waals surface area contributed by atoms with Gasteiger partial charge in [-0.05, 0) is 6.92 Å². The highest BCUT2D eigenvalue weighted by Gasteiger charge is 2.06. The Balaban J connectivity index is 2.06. The van der Waals surface area contributed by atoms with Gasteiger partial charge in [0.1, 0.15) is 5.75 Å². The number of hydrogen-bond donors (Lipinski definition) is 1. The molecule has 0 aliphatic rings. The number of rotatable bonds is 6. The predicted octanol–water partition coefficient (Wildman–Crippen LogP) is 1.06. The normalized spacial score (nSPS) is 10.5. The molecule has 0 saturated carbocycles. The Morgan fingerprint density at radius 3 is 2.90 bits per heavy atom. The van der Waals surface area contributed by atoms with Crippen molar-refractivity contribution in [3.05, 3.63) is 35.4 Å². The number of carboxylic acids is 1. The van der Waals surface area contributed by atoms with Gasteiger partial charge in [0.05, 0.1) is 31.5 Å². The van der Waals surface area contributed by atoms with E-state index >= 15 is 0 Å². The average Bonchev–Trinajstić information content (AvgIpc) is 2.83. The first-order valence-electron chi connectivity index (χ1n) is 6.19. The Morgan fingerprint density at radius 1 is 1.40 bits per heavy atom. The second-order valence-electron chi connectivity index (χ2n) is 4.44. The molecule has 0 radical (unpaired) electrons. The van der Waals surface area contributed by atoms with Gasteiger partial charge in [0.15, 0.2) is 0 Å². The van der Waals surface area contributed by atoms with E-state index < -0.39 is 5.97 Å². The zero-order valence-corrected chi connectivity index (χ0v) is 11.4. The SMILES string of the molecule is COc1cc(C)nc(Cn2cc(CCC(=O)O)nn2)c1. The van der Waals surface area contributed by atoms with Crippen molar-refractivity contribution in [1.29, 1.82) is 0 Å². The van der Waals surface area contributed by atoms with Crippen LogP contribution in [-0.4, -0.2) is 38.2 Å². The molecule has 7 nitrogen and oxygen atoms in total. The topological polar surface area (TPSA) is 90.1 Å². The molecule has 106 valence electrons. The minimum atomic E-state index is -0.843. The summed E-state index contributed by atoms with van der Waals surface area (Å²) >= 11 is 0. The van der Waals surface area contributed by atoms with Gasteiger partial charge in [0.25, 0.3) is 0 Å². The fourth-order valence-corrected chi connectivity index (χ4v) is 1.83. The summed E-state index contributed by atoms with van der Waals surface area (Å²) in [6.07, 6.45) is 2.16. The van der Waals surface area contributed by atoms with Gasteiger partial charge in [-0.25, -0.2) is 4.68 Å². The molecule has 2 heterocycles. The number of carbonyl (C=O) groups is 1. The molecular weight excluding hydrogens is 260 g/mol. The number of aromatic nitrogens is 4. The number of aryl methyl sites for hydroxylation is 2. The molecule has 20 heavy (non-hydrogen) atoms. The summed E-state index contributed by atoms with van der Waals surface area (Å²) in [5, 5.41) is 16.5. The molecule has 0 bridgehead atoms. The minimum absolute atomic E-state index is 0.0508. The summed E-state index contributed by atoms with van der Waals surface area (Å²) in [5.74, 6) is -0.0941. The van der Waals surface area contributed by atoms with Crippen LogP contribution in [0.1, 0.15) is 23.5 Å². The van der Waals surface area contributed by atoms with Crippen LogP contribution in [-0.2, 0) is 17.8 Å². The van der Waals surface area contributed by atoms with Crippen molar-refractivity contribution in [2.75, 3.05) is 7.11 Å². The predicted molar refractivity (Wildman–Crippen MR) is 70.6 cm³/mol. The van der Waals surface area contributed by atoms with Crippen molar-refractivity contribution in [1.82, 2.24) is 20.0 Å². The number of aliphatic carboxylic acids is 1. The number of hydrogen-bond acceptors (Lipinski definition) is 5. The Hall–Kier alpha value is -2.44. The number of carboxylic acid groups (broad SMARTS) is 1. The largest absolute Gasteiger partial charge is 0.497 e. The average molecular weight is 276 g/mol. The molecule has 0 saturated heterocycles. The van der Waals surface area contributed by atoms with Gasteiger partial charge in [0, 0.05) is 30.4 Å². The third-order valence-electron chi connectivity index (χ3n) is 2.72. The smallest absolute Gasteiger partial charge is 0.303 e. The van der Waals surface area contributed by atoms with Crippen LogP contribution in [0.25, 0.3) is 0 Å². The van der Waals surface area contributed by atoms with Crippen LogP contribution in [0.15, 0.2) is 18.3 Å². The number of ether oxygens (including phenoxy) is 1. The van der Waals surface area contributed by atoms with E-state index in [0.717, 1.165) is 17.1 Å². The van der Waals surface area contributed by atoms with E-state index in [1.165, 1.54) is 0 Å². The Bertz CT molecular complexity index is 609. The van der Waals surface area contributed by atoms with Crippen LogP contribution in [0.2, 0.25) is 0 Å². The van der Waals surface area contributed by atoms with Crippen molar-refractivity contribution in [3.63, 3.8) is 0 Å². The van der Waals surface area contributed by atoms with Crippen LogP contribution < -0.4 is 4.74 Å². The van der Waals surface area contributed by atoms with Crippen LogP contribution in [0, 0.1) is 6.92 Å². The van der Waals surface area contributed by atoms with Gasteiger partial charge in [-0.3, -0.25) is 9.78 Å². The Morgan fingerprint density at radius 2 is 2.20 bits per heavy atom. The zero-order chi connectivity index (χ0) is 14.5. The maximum absolute atomic E-state index is 10.5. The molecule has 0 amide bonds. The molecule has 0 unspecified atom stereocenters. The van der Waals surface area contributed by atoms with Gasteiger partial charge in [-0.2, -0.15) is 0 Å². The first kappa shape index (κ1) is 14.0. The highest BCUT2D eigenvalue weighted by Crippen LogP contribution is 2.14. The molecule has 0 aliphatic carbocycles. The number of methoxy groups -OCH3 is 1. The first-order chi connectivity index (χ1) is 9.56. The van der Waals surface area contributed by atoms with E-state index in [1.807, 2.05) is 19.1 Å². The van der Waals surface area contributed by atoms with E-state index in [0.29, 0.717) is 18.7 Å². The Kier molecular flexibility index (Phi) is 4.29. The van der Waals surface area contributed by atoms with Crippen molar-refractivity contribution in [3.8, 4) is 5.75 Å². The second kappa shape index (κ2) is 6.14. The maximum Gasteiger partial charge on any atom is 0.303 e. The van der Waals surface area contributed by atoms with Gasteiger partial charge >= 0.3 is 5.97 Å². The van der Waals surface area contributed by atoms with Crippen molar-refractivity contribution >= 4 is 5.97 Å². The molecule has 0 aliphatic heterocycles. The second-order valence-corrected chi connectivity index (χ2v) is 4.44. The summed E-state index contributed by atoms with van der Waals surface area (Å²) in [5.41, 5.74) is 2.34. The molecule has 2 aromatic heterocycles. The van der Waals surface area contributed by atoms with Crippen molar-refractivity contribution in [2.24, 2.45) is 0 Å². The monoisotopic (exact) mass is 276 g/mol. The van der Waals surface area contributed by atoms with Crippen LogP contribution >= 0.6 is 0 Å². The minimum Gasteiger partial charge on any atom is -0.497 e. The van der Waals surface area contributed by atoms with Gasteiger partial charge < -0.3 is 9.84 Å². The van der Waals surface area contributed by atoms with E-state index in [4.69, 9.17) is 9.84 Å². The summed E-state index contributed by atoms with van der Waals surface area (Å²) in [7, 11) is 1.61. The third-order valence-corrected chi connectivity index (χ3v) is 2.72. The standard InChI is InChI=1S/C13H16N4O3/c1-9-5-12(20-2)6-11(14-9)8-17-7-10(15-16-17)3-4-13(18)19/h5-7H,3-4,8H2,1-2H3,(H,18,19). The lowest BCUT2D eigenvalue weighted by molar-refractivity contribution is -0.136. The molecular formula is C13H16N4O3. The third kappa shape index (κ3) is 3.78. The highest BCUT2D eigenvalue weighted by molar-refractivity contribution is 5.66. The van der Waals surface area contributed by atoms with Crippen LogP contribution in [0.3, 0.4) is 0 Å². The Labute approximate surface area is 116 Å². The summed E-state index contributed by atoms with van der Waals surface area (Å²) in [6, 6.07) is 3.69. The quantitative estimate of drug-likeness (QED) is 0.848. The van der Waals surface area contributed by atoms with Crippen LogP contribution in [0.4, 0.5) is 0 Å². The first-order valence-corrected chi connectivity index (χ1v) is 6.19. The van der Waals surface area contributed by atoms with Gasteiger partial charge in [-0.1, -0.05) is 5.21 Å². The van der Waals surface area contributed by atoms with Gasteiger partial charge in [-0.15, -0.1) is 5.10 Å². The molecule has 2 rings (SSSR count). The van der Waals surface area contributed by atoms with Crippen LogP contribution in [0.5, 0.6) is 5.75 Å². The summed E-state index contributed by atoms with van der Waals surface area (Å²) in [4.78, 5) is 14.9. The molecule has 0 fully saturated rings. The van der Waals surface area contributed by atoms with Gasteiger partial charge in [0.2, 0.25) is 0 Å². The number of nitrogens with zero attached hydrogens (tertiary/aromatic N) is 4. The fraction of sp³-hybridized carbons (Fsp3) is 0.385. The maximum atomic E-state index is 10.5. The van der Waals surface area contributed by atoms with E-state index in [1.54, 1.807) is 18.0 Å². The molecule has 2 aromatic rings. The lowest BCUT2D eigenvalue weighted by Gasteiger charge is -2.05. The summed E-state index contributed by atoms with van der Waals surface area (Å²) in [6.45, 7) is 2.36. The highest BCUT2D eigenvalue weighted by atomic mass is 16.5. The molecule has 1 N–H and O–H groups in total. The van der Waals surface area contributed by atoms with E-state index in [2.05, 4.69) is 15.3 Å². The van der Waals surface area contributed by atoms with E-state index in [9.17, 15) is 4.79 Å². The lowest BCUT2D eigenvalue weighted by Crippen LogP contribution is -2.04. The molecule has 7 heteroatoms.